The van der Waals surface area contributed by atoms with Crippen LogP contribution in [0.15, 0.2) is 47.2 Å². The van der Waals surface area contributed by atoms with Crippen molar-refractivity contribution < 1.29 is 4.74 Å². The molecule has 0 aliphatic rings. The fourth-order valence-electron chi connectivity index (χ4n) is 1.93. The van der Waals surface area contributed by atoms with E-state index in [-0.39, 0.29) is 6.04 Å². The maximum absolute atomic E-state index is 5.70. The van der Waals surface area contributed by atoms with Crippen molar-refractivity contribution >= 4 is 21.6 Å². The van der Waals surface area contributed by atoms with Crippen molar-refractivity contribution in [3.63, 3.8) is 0 Å². The molecule has 0 saturated carbocycles. The Morgan fingerprint density at radius 1 is 1.14 bits per heavy atom. The Bertz CT molecular complexity index is 569. The first-order chi connectivity index (χ1) is 10.1. The van der Waals surface area contributed by atoms with Crippen LogP contribution < -0.4 is 10.1 Å². The SMILES string of the molecule is CC(C)COc1ccc(C(C)Nc2cccnc2Br)cc1. The Labute approximate surface area is 134 Å². The van der Waals surface area contributed by atoms with E-state index < -0.39 is 0 Å². The molecule has 0 amide bonds. The lowest BCUT2D eigenvalue weighted by molar-refractivity contribution is 0.271. The summed E-state index contributed by atoms with van der Waals surface area (Å²) in [6.45, 7) is 7.16. The number of hydrogen-bond acceptors (Lipinski definition) is 3. The van der Waals surface area contributed by atoms with E-state index >= 15 is 0 Å². The summed E-state index contributed by atoms with van der Waals surface area (Å²) in [7, 11) is 0. The van der Waals surface area contributed by atoms with Crippen LogP contribution >= 0.6 is 15.9 Å². The quantitative estimate of drug-likeness (QED) is 0.741. The molecule has 1 aromatic heterocycles. The van der Waals surface area contributed by atoms with Gasteiger partial charge in [0.05, 0.1) is 12.3 Å². The Morgan fingerprint density at radius 3 is 2.48 bits per heavy atom. The van der Waals surface area contributed by atoms with Crippen molar-refractivity contribution in [2.45, 2.75) is 26.8 Å². The van der Waals surface area contributed by atoms with Gasteiger partial charge < -0.3 is 10.1 Å². The molecule has 0 aliphatic carbocycles. The zero-order chi connectivity index (χ0) is 15.2. The number of hydrogen-bond donors (Lipinski definition) is 1. The van der Waals surface area contributed by atoms with Crippen molar-refractivity contribution in [2.75, 3.05) is 11.9 Å². The van der Waals surface area contributed by atoms with Gasteiger partial charge in [0.1, 0.15) is 10.4 Å². The largest absolute Gasteiger partial charge is 0.493 e. The fourth-order valence-corrected chi connectivity index (χ4v) is 2.29. The van der Waals surface area contributed by atoms with Crippen LogP contribution in [0.4, 0.5) is 5.69 Å². The van der Waals surface area contributed by atoms with Crippen molar-refractivity contribution in [3.8, 4) is 5.75 Å². The first-order valence-corrected chi connectivity index (χ1v) is 7.95. The van der Waals surface area contributed by atoms with Crippen LogP contribution in [0, 0.1) is 5.92 Å². The van der Waals surface area contributed by atoms with Gasteiger partial charge in [-0.3, -0.25) is 0 Å². The second-order valence-electron chi connectivity index (χ2n) is 5.48. The van der Waals surface area contributed by atoms with Gasteiger partial charge in [-0.25, -0.2) is 4.98 Å². The molecule has 0 aliphatic heterocycles. The summed E-state index contributed by atoms with van der Waals surface area (Å²) in [5.41, 5.74) is 2.20. The van der Waals surface area contributed by atoms with E-state index in [4.69, 9.17) is 4.74 Å². The van der Waals surface area contributed by atoms with Crippen LogP contribution in [0.25, 0.3) is 0 Å². The Hall–Kier alpha value is -1.55. The van der Waals surface area contributed by atoms with E-state index in [1.54, 1.807) is 6.20 Å². The van der Waals surface area contributed by atoms with Crippen LogP contribution in [0.2, 0.25) is 0 Å². The molecular formula is C17H21BrN2O. The molecule has 3 nitrogen and oxygen atoms in total. The summed E-state index contributed by atoms with van der Waals surface area (Å²) in [4.78, 5) is 4.21. The number of ether oxygens (including phenoxy) is 1. The molecule has 21 heavy (non-hydrogen) atoms. The molecule has 112 valence electrons. The number of halogens is 1. The molecule has 0 bridgehead atoms. The van der Waals surface area contributed by atoms with Crippen molar-refractivity contribution in [3.05, 3.63) is 52.8 Å². The van der Waals surface area contributed by atoms with Gasteiger partial charge in [-0.1, -0.05) is 26.0 Å². The lowest BCUT2D eigenvalue weighted by Gasteiger charge is -2.17. The fraction of sp³-hybridized carbons (Fsp3) is 0.353. The number of rotatable bonds is 6. The monoisotopic (exact) mass is 348 g/mol. The van der Waals surface area contributed by atoms with Gasteiger partial charge in [-0.15, -0.1) is 0 Å². The third kappa shape index (κ3) is 4.74. The topological polar surface area (TPSA) is 34.1 Å². The van der Waals surface area contributed by atoms with Gasteiger partial charge in [0, 0.05) is 12.2 Å². The van der Waals surface area contributed by atoms with Crippen LogP contribution in [-0.2, 0) is 0 Å². The van der Waals surface area contributed by atoms with Crippen LogP contribution in [-0.4, -0.2) is 11.6 Å². The first-order valence-electron chi connectivity index (χ1n) is 7.16. The van der Waals surface area contributed by atoms with Gasteiger partial charge in [-0.05, 0) is 58.6 Å². The zero-order valence-electron chi connectivity index (χ0n) is 12.6. The highest BCUT2D eigenvalue weighted by molar-refractivity contribution is 9.10. The van der Waals surface area contributed by atoms with Gasteiger partial charge in [-0.2, -0.15) is 0 Å². The average molecular weight is 349 g/mol. The molecule has 1 unspecified atom stereocenters. The summed E-state index contributed by atoms with van der Waals surface area (Å²) in [5, 5.41) is 3.45. The third-order valence-corrected chi connectivity index (χ3v) is 3.73. The lowest BCUT2D eigenvalue weighted by Crippen LogP contribution is -2.08. The van der Waals surface area contributed by atoms with Crippen molar-refractivity contribution in [1.82, 2.24) is 4.98 Å². The first kappa shape index (κ1) is 15.8. The summed E-state index contributed by atoms with van der Waals surface area (Å²) >= 11 is 3.45. The summed E-state index contributed by atoms with van der Waals surface area (Å²) in [5.74, 6) is 1.45. The zero-order valence-corrected chi connectivity index (χ0v) is 14.2. The number of nitrogens with zero attached hydrogens (tertiary/aromatic N) is 1. The highest BCUT2D eigenvalue weighted by Gasteiger charge is 2.08. The van der Waals surface area contributed by atoms with E-state index in [9.17, 15) is 0 Å². The number of benzene rings is 1. The summed E-state index contributed by atoms with van der Waals surface area (Å²) in [6, 6.07) is 12.4. The molecule has 2 rings (SSSR count). The smallest absolute Gasteiger partial charge is 0.129 e. The summed E-state index contributed by atoms with van der Waals surface area (Å²) in [6.07, 6.45) is 1.76. The number of aromatic nitrogens is 1. The van der Waals surface area contributed by atoms with E-state index in [0.717, 1.165) is 22.6 Å². The second kappa shape index (κ2) is 7.46. The molecule has 1 N–H and O–H groups in total. The van der Waals surface area contributed by atoms with Gasteiger partial charge in [0.25, 0.3) is 0 Å². The molecule has 4 heteroatoms. The maximum Gasteiger partial charge on any atom is 0.129 e. The Kier molecular flexibility index (Phi) is 5.62. The minimum Gasteiger partial charge on any atom is -0.493 e. The number of pyridine rings is 1. The van der Waals surface area contributed by atoms with Gasteiger partial charge >= 0.3 is 0 Å². The van der Waals surface area contributed by atoms with E-state index in [1.165, 1.54) is 5.56 Å². The molecule has 1 heterocycles. The highest BCUT2D eigenvalue weighted by atomic mass is 79.9. The Balaban J connectivity index is 2.00. The molecule has 0 spiro atoms. The summed E-state index contributed by atoms with van der Waals surface area (Å²) < 4.78 is 6.53. The molecule has 1 aromatic carbocycles. The molecule has 0 fully saturated rings. The van der Waals surface area contributed by atoms with Gasteiger partial charge in [0.2, 0.25) is 0 Å². The molecule has 2 aromatic rings. The normalized spacial score (nSPS) is 12.2. The predicted octanol–water partition coefficient (Wildman–Crippen LogP) is 5.05. The number of anilines is 1. The average Bonchev–Trinajstić information content (AvgIpc) is 2.48. The Morgan fingerprint density at radius 2 is 1.86 bits per heavy atom. The van der Waals surface area contributed by atoms with Crippen molar-refractivity contribution in [2.24, 2.45) is 5.92 Å². The number of nitrogens with one attached hydrogen (secondary N) is 1. The predicted molar refractivity (Wildman–Crippen MR) is 90.7 cm³/mol. The van der Waals surface area contributed by atoms with E-state index in [1.807, 2.05) is 24.3 Å². The van der Waals surface area contributed by atoms with E-state index in [2.05, 4.69) is 59.1 Å². The molecule has 0 saturated heterocycles. The third-order valence-electron chi connectivity index (χ3n) is 3.09. The molecule has 1 atom stereocenters. The van der Waals surface area contributed by atoms with Crippen molar-refractivity contribution in [1.29, 1.82) is 0 Å². The van der Waals surface area contributed by atoms with E-state index in [0.29, 0.717) is 5.92 Å². The van der Waals surface area contributed by atoms with Crippen LogP contribution in [0.5, 0.6) is 5.75 Å². The lowest BCUT2D eigenvalue weighted by atomic mass is 10.1. The second-order valence-corrected chi connectivity index (χ2v) is 6.23. The molecule has 0 radical (unpaired) electrons. The van der Waals surface area contributed by atoms with Gasteiger partial charge in [0.15, 0.2) is 0 Å². The molecular weight excluding hydrogens is 328 g/mol. The minimum absolute atomic E-state index is 0.199. The minimum atomic E-state index is 0.199. The van der Waals surface area contributed by atoms with Crippen LogP contribution in [0.3, 0.4) is 0 Å². The standard InChI is InChI=1S/C17H21BrN2O/c1-12(2)11-21-15-8-6-14(7-9-15)13(3)20-16-5-4-10-19-17(16)18/h4-10,12-13,20H,11H2,1-3H3. The highest BCUT2D eigenvalue weighted by Crippen LogP contribution is 2.25. The van der Waals surface area contributed by atoms with Crippen LogP contribution in [0.1, 0.15) is 32.4 Å². The maximum atomic E-state index is 5.70.